The quantitative estimate of drug-likeness (QED) is 0.359. The summed E-state index contributed by atoms with van der Waals surface area (Å²) >= 11 is 0. The van der Waals surface area contributed by atoms with E-state index in [0.717, 1.165) is 0 Å². The van der Waals surface area contributed by atoms with Gasteiger partial charge in [-0.3, -0.25) is 9.59 Å². The van der Waals surface area contributed by atoms with E-state index >= 15 is 0 Å². The summed E-state index contributed by atoms with van der Waals surface area (Å²) in [5.74, 6) is -0.158. The molecule has 2 aromatic carbocycles. The van der Waals surface area contributed by atoms with E-state index in [-0.39, 0.29) is 43.3 Å². The number of ether oxygens (including phenoxy) is 4. The first kappa shape index (κ1) is 26.3. The van der Waals surface area contributed by atoms with Crippen molar-refractivity contribution >= 4 is 23.8 Å². The van der Waals surface area contributed by atoms with Crippen molar-refractivity contribution in [2.75, 3.05) is 26.9 Å². The maximum atomic E-state index is 12.8. The van der Waals surface area contributed by atoms with Crippen LogP contribution in [0.1, 0.15) is 42.2 Å². The Morgan fingerprint density at radius 2 is 1.61 bits per heavy atom. The summed E-state index contributed by atoms with van der Waals surface area (Å²) in [6.45, 7) is 2.98. The van der Waals surface area contributed by atoms with Gasteiger partial charge in [0.2, 0.25) is 0 Å². The van der Waals surface area contributed by atoms with Gasteiger partial charge in [0, 0.05) is 5.56 Å². The zero-order valence-electron chi connectivity index (χ0n) is 20.3. The first-order chi connectivity index (χ1) is 17.3. The molecule has 2 N–H and O–H groups in total. The molecule has 1 atom stereocenters. The predicted octanol–water partition coefficient (Wildman–Crippen LogP) is 3.08. The van der Waals surface area contributed by atoms with E-state index in [2.05, 4.69) is 10.6 Å². The molecular weight excluding hydrogens is 468 g/mol. The van der Waals surface area contributed by atoms with Crippen molar-refractivity contribution in [2.45, 2.75) is 26.3 Å². The monoisotopic (exact) mass is 496 g/mol. The van der Waals surface area contributed by atoms with Crippen LogP contribution < -0.4 is 20.1 Å². The first-order valence-electron chi connectivity index (χ1n) is 11.3. The lowest BCUT2D eigenvalue weighted by molar-refractivity contribution is -0.144. The Morgan fingerprint density at radius 3 is 2.22 bits per heavy atom. The summed E-state index contributed by atoms with van der Waals surface area (Å²) in [4.78, 5) is 48.8. The molecule has 0 fully saturated rings. The molecular formula is C26H28N2O8. The molecule has 1 aliphatic rings. The maximum Gasteiger partial charge on any atom is 0.338 e. The molecule has 0 bridgehead atoms. The van der Waals surface area contributed by atoms with Crippen molar-refractivity contribution in [1.82, 2.24) is 10.6 Å². The average molecular weight is 497 g/mol. The summed E-state index contributed by atoms with van der Waals surface area (Å²) in [6.07, 6.45) is -0.0649. The standard InChI is InChI=1S/C26H28N2O8/c1-4-34-25(31)23-21(27-26(32)28-24(23)18-7-9-19(33-3)10-8-18)15-36-22(30)13-14-35-20-11-5-17(6-12-20)16(2)29/h5-12,24H,4,13-15H2,1-3H3,(H2,27,28,32). The third kappa shape index (κ3) is 6.84. The number of urea groups is 1. The molecule has 3 rings (SSSR count). The Labute approximate surface area is 208 Å². The fraction of sp³-hybridized carbons (Fsp3) is 0.308. The highest BCUT2D eigenvalue weighted by atomic mass is 16.5. The molecule has 10 nitrogen and oxygen atoms in total. The van der Waals surface area contributed by atoms with Gasteiger partial charge in [-0.1, -0.05) is 12.1 Å². The van der Waals surface area contributed by atoms with Gasteiger partial charge in [0.1, 0.15) is 18.1 Å². The fourth-order valence-corrected chi connectivity index (χ4v) is 3.49. The van der Waals surface area contributed by atoms with Gasteiger partial charge < -0.3 is 29.6 Å². The number of benzene rings is 2. The molecule has 0 radical (unpaired) electrons. The molecule has 2 amide bonds. The number of hydrogen-bond acceptors (Lipinski definition) is 8. The van der Waals surface area contributed by atoms with Crippen LogP contribution in [-0.2, 0) is 19.1 Å². The van der Waals surface area contributed by atoms with Crippen molar-refractivity contribution in [3.05, 3.63) is 70.9 Å². The van der Waals surface area contributed by atoms with Gasteiger partial charge in [-0.25, -0.2) is 9.59 Å². The zero-order chi connectivity index (χ0) is 26.1. The van der Waals surface area contributed by atoms with Crippen LogP contribution in [0.2, 0.25) is 0 Å². The van der Waals surface area contributed by atoms with Gasteiger partial charge >= 0.3 is 18.0 Å². The van der Waals surface area contributed by atoms with Crippen LogP contribution in [0.5, 0.6) is 11.5 Å². The van der Waals surface area contributed by atoms with Gasteiger partial charge in [-0.15, -0.1) is 0 Å². The van der Waals surface area contributed by atoms with Crippen molar-refractivity contribution in [1.29, 1.82) is 0 Å². The van der Waals surface area contributed by atoms with Crippen molar-refractivity contribution in [3.63, 3.8) is 0 Å². The number of nitrogens with one attached hydrogen (secondary N) is 2. The minimum absolute atomic E-state index is 0.0461. The summed E-state index contributed by atoms with van der Waals surface area (Å²) in [5, 5.41) is 5.26. The lowest BCUT2D eigenvalue weighted by Gasteiger charge is -2.29. The molecule has 36 heavy (non-hydrogen) atoms. The van der Waals surface area contributed by atoms with Crippen molar-refractivity contribution < 1.29 is 38.1 Å². The Morgan fingerprint density at radius 1 is 0.944 bits per heavy atom. The number of ketones is 1. The van der Waals surface area contributed by atoms with Gasteiger partial charge in [-0.2, -0.15) is 0 Å². The second kappa shape index (κ2) is 12.4. The molecule has 1 aliphatic heterocycles. The Kier molecular flexibility index (Phi) is 9.04. The lowest BCUT2D eigenvalue weighted by Crippen LogP contribution is -2.47. The molecule has 0 saturated carbocycles. The number of carbonyl (C=O) groups is 4. The van der Waals surface area contributed by atoms with E-state index in [0.29, 0.717) is 22.6 Å². The van der Waals surface area contributed by atoms with E-state index in [1.54, 1.807) is 55.5 Å². The van der Waals surface area contributed by atoms with Gasteiger partial charge in [0.05, 0.1) is 44.1 Å². The van der Waals surface area contributed by atoms with Crippen LogP contribution in [0, 0.1) is 0 Å². The Bertz CT molecular complexity index is 1140. The molecule has 0 spiro atoms. The molecule has 10 heteroatoms. The van der Waals surface area contributed by atoms with Crippen LogP contribution in [0.25, 0.3) is 0 Å². The van der Waals surface area contributed by atoms with Crippen LogP contribution in [-0.4, -0.2) is 50.7 Å². The smallest absolute Gasteiger partial charge is 0.338 e. The molecule has 1 unspecified atom stereocenters. The largest absolute Gasteiger partial charge is 0.497 e. The molecule has 190 valence electrons. The van der Waals surface area contributed by atoms with Gasteiger partial charge in [0.25, 0.3) is 0 Å². The van der Waals surface area contributed by atoms with E-state index in [1.807, 2.05) is 0 Å². The van der Waals surface area contributed by atoms with Crippen molar-refractivity contribution in [3.8, 4) is 11.5 Å². The number of methoxy groups -OCH3 is 1. The zero-order valence-corrected chi connectivity index (χ0v) is 20.3. The predicted molar refractivity (Wildman–Crippen MR) is 129 cm³/mol. The molecule has 0 aliphatic carbocycles. The average Bonchev–Trinajstić information content (AvgIpc) is 2.87. The van der Waals surface area contributed by atoms with Crippen LogP contribution >= 0.6 is 0 Å². The van der Waals surface area contributed by atoms with Gasteiger partial charge in [0.15, 0.2) is 5.78 Å². The number of hydrogen-bond donors (Lipinski definition) is 2. The van der Waals surface area contributed by atoms with Crippen LogP contribution in [0.3, 0.4) is 0 Å². The maximum absolute atomic E-state index is 12.8. The second-order valence-corrected chi connectivity index (χ2v) is 7.76. The van der Waals surface area contributed by atoms with E-state index in [9.17, 15) is 19.2 Å². The highest BCUT2D eigenvalue weighted by Crippen LogP contribution is 2.29. The summed E-state index contributed by atoms with van der Waals surface area (Å²) in [5.41, 5.74) is 1.45. The summed E-state index contributed by atoms with van der Waals surface area (Å²) < 4.78 is 21.2. The first-order valence-corrected chi connectivity index (χ1v) is 11.3. The van der Waals surface area contributed by atoms with E-state index < -0.39 is 24.0 Å². The topological polar surface area (TPSA) is 129 Å². The normalized spacial score (nSPS) is 14.9. The number of Topliss-reactive ketones (excluding diaryl/α,β-unsaturated/α-hetero) is 1. The third-order valence-corrected chi connectivity index (χ3v) is 5.31. The second-order valence-electron chi connectivity index (χ2n) is 7.76. The minimum atomic E-state index is -0.807. The van der Waals surface area contributed by atoms with Crippen molar-refractivity contribution in [2.24, 2.45) is 0 Å². The minimum Gasteiger partial charge on any atom is -0.497 e. The Balaban J connectivity index is 1.67. The highest BCUT2D eigenvalue weighted by Gasteiger charge is 2.34. The molecule has 1 heterocycles. The van der Waals surface area contributed by atoms with Crippen LogP contribution in [0.15, 0.2) is 59.8 Å². The van der Waals surface area contributed by atoms with E-state index in [4.69, 9.17) is 18.9 Å². The van der Waals surface area contributed by atoms with Gasteiger partial charge in [-0.05, 0) is 55.8 Å². The third-order valence-electron chi connectivity index (χ3n) is 5.31. The molecule has 2 aromatic rings. The molecule has 0 aromatic heterocycles. The summed E-state index contributed by atoms with van der Waals surface area (Å²) in [6, 6.07) is 12.1. The summed E-state index contributed by atoms with van der Waals surface area (Å²) in [7, 11) is 1.53. The SMILES string of the molecule is CCOC(=O)C1=C(COC(=O)CCOc2ccc(C(C)=O)cc2)NC(=O)NC1c1ccc(OC)cc1. The lowest BCUT2D eigenvalue weighted by atomic mass is 9.95. The number of carbonyl (C=O) groups excluding carboxylic acids is 4. The molecule has 0 saturated heterocycles. The number of amides is 2. The Hall–Kier alpha value is -4.34. The van der Waals surface area contributed by atoms with E-state index in [1.165, 1.54) is 14.0 Å². The highest BCUT2D eigenvalue weighted by molar-refractivity contribution is 5.95. The number of rotatable bonds is 11. The van der Waals surface area contributed by atoms with Crippen LogP contribution in [0.4, 0.5) is 4.79 Å². The fourth-order valence-electron chi connectivity index (χ4n) is 3.49. The number of esters is 2.